The number of aromatic nitrogens is 3. The van der Waals surface area contributed by atoms with E-state index in [1.165, 1.54) is 6.33 Å². The van der Waals surface area contributed by atoms with Crippen LogP contribution in [0.25, 0.3) is 22.2 Å². The molecule has 1 saturated carbocycles. The maximum absolute atomic E-state index is 10.8. The zero-order valence-electron chi connectivity index (χ0n) is 12.9. The molecular formula is C16H14N4O4S. The van der Waals surface area contributed by atoms with Crippen LogP contribution in [-0.2, 0) is 10.5 Å². The molecule has 0 bridgehead atoms. The van der Waals surface area contributed by atoms with Crippen molar-refractivity contribution in [1.82, 2.24) is 14.5 Å². The van der Waals surface area contributed by atoms with Gasteiger partial charge in [0.05, 0.1) is 11.8 Å². The van der Waals surface area contributed by atoms with Gasteiger partial charge in [-0.1, -0.05) is 0 Å². The van der Waals surface area contributed by atoms with Crippen molar-refractivity contribution in [1.29, 1.82) is 0 Å². The Labute approximate surface area is 145 Å². The SMILES string of the molecule is Nc1ncnc2c1c(-c1ccsc1)cn2[C@@]12CC1(O)C(O)=C(CO)O2. The molecule has 9 heteroatoms. The highest BCUT2D eigenvalue weighted by Crippen LogP contribution is 2.65. The van der Waals surface area contributed by atoms with Crippen molar-refractivity contribution in [3.05, 3.63) is 40.9 Å². The second-order valence-electron chi connectivity index (χ2n) is 6.24. The van der Waals surface area contributed by atoms with Crippen LogP contribution in [-0.4, -0.2) is 42.1 Å². The number of nitrogens with zero attached hydrogens (tertiary/aromatic N) is 3. The average molecular weight is 358 g/mol. The molecule has 2 atom stereocenters. The fourth-order valence-corrected chi connectivity index (χ4v) is 4.27. The van der Waals surface area contributed by atoms with E-state index < -0.39 is 17.9 Å². The van der Waals surface area contributed by atoms with Crippen molar-refractivity contribution in [3.63, 3.8) is 0 Å². The summed E-state index contributed by atoms with van der Waals surface area (Å²) in [6.07, 6.45) is 3.30. The van der Waals surface area contributed by atoms with Crippen molar-refractivity contribution in [3.8, 4) is 11.1 Å². The maximum atomic E-state index is 10.8. The fraction of sp³-hybridized carbons (Fsp3) is 0.250. The third kappa shape index (κ3) is 1.62. The minimum atomic E-state index is -1.58. The minimum absolute atomic E-state index is 0.0327. The molecule has 3 aromatic rings. The van der Waals surface area contributed by atoms with Gasteiger partial charge in [-0.15, -0.1) is 0 Å². The Hall–Kier alpha value is -2.62. The molecule has 3 aromatic heterocycles. The smallest absolute Gasteiger partial charge is 0.227 e. The summed E-state index contributed by atoms with van der Waals surface area (Å²) in [6.45, 7) is -0.496. The molecule has 25 heavy (non-hydrogen) atoms. The van der Waals surface area contributed by atoms with Gasteiger partial charge in [-0.05, 0) is 22.4 Å². The number of nitrogen functional groups attached to an aromatic ring is 1. The summed E-state index contributed by atoms with van der Waals surface area (Å²) in [5.41, 5.74) is 5.53. The van der Waals surface area contributed by atoms with Crippen LogP contribution in [0.1, 0.15) is 6.42 Å². The third-order valence-electron chi connectivity index (χ3n) is 4.94. The van der Waals surface area contributed by atoms with Gasteiger partial charge in [0, 0.05) is 11.8 Å². The molecule has 5 N–H and O–H groups in total. The summed E-state index contributed by atoms with van der Waals surface area (Å²) < 4.78 is 7.42. The number of nitrogens with two attached hydrogens (primary N) is 1. The quantitative estimate of drug-likeness (QED) is 0.556. The standard InChI is InChI=1S/C16H14N4O4S/c17-13-11-9(8-1-2-25-5-8)3-20(14(11)19-7-18-13)16-6-15(16,23)12(22)10(4-21)24-16/h1-3,5,7,21-23H,4,6H2,(H2,17,18,19)/t15?,16-/m1/s1. The molecule has 1 aliphatic heterocycles. The van der Waals surface area contributed by atoms with Crippen LogP contribution in [0.5, 0.6) is 0 Å². The largest absolute Gasteiger partial charge is 0.506 e. The van der Waals surface area contributed by atoms with E-state index in [1.807, 2.05) is 16.8 Å². The molecule has 1 fully saturated rings. The van der Waals surface area contributed by atoms with Gasteiger partial charge in [-0.3, -0.25) is 4.57 Å². The van der Waals surface area contributed by atoms with E-state index in [-0.39, 0.29) is 17.9 Å². The molecule has 1 unspecified atom stereocenters. The number of anilines is 1. The lowest BCUT2D eigenvalue weighted by Crippen LogP contribution is -2.28. The van der Waals surface area contributed by atoms with E-state index in [9.17, 15) is 15.3 Å². The van der Waals surface area contributed by atoms with Gasteiger partial charge in [0.25, 0.3) is 0 Å². The summed E-state index contributed by atoms with van der Waals surface area (Å²) in [7, 11) is 0. The number of rotatable bonds is 3. The molecule has 1 aliphatic carbocycles. The Balaban J connectivity index is 1.77. The number of fused-ring (bicyclic) bond motifs is 2. The van der Waals surface area contributed by atoms with E-state index in [4.69, 9.17) is 10.5 Å². The van der Waals surface area contributed by atoms with Gasteiger partial charge in [-0.25, -0.2) is 9.97 Å². The Morgan fingerprint density at radius 2 is 2.24 bits per heavy atom. The summed E-state index contributed by atoms with van der Waals surface area (Å²) in [4.78, 5) is 8.39. The van der Waals surface area contributed by atoms with E-state index in [2.05, 4.69) is 9.97 Å². The van der Waals surface area contributed by atoms with Crippen LogP contribution in [0, 0.1) is 0 Å². The fourth-order valence-electron chi connectivity index (χ4n) is 3.61. The Morgan fingerprint density at radius 1 is 1.40 bits per heavy atom. The predicted octanol–water partition coefficient (Wildman–Crippen LogP) is 1.32. The first kappa shape index (κ1) is 14.7. The molecule has 5 rings (SSSR count). The zero-order valence-corrected chi connectivity index (χ0v) is 13.7. The highest BCUT2D eigenvalue weighted by atomic mass is 32.1. The van der Waals surface area contributed by atoms with Gasteiger partial charge >= 0.3 is 0 Å². The van der Waals surface area contributed by atoms with E-state index in [1.54, 1.807) is 22.1 Å². The molecule has 2 aliphatic rings. The topological polar surface area (TPSA) is 127 Å². The molecule has 0 saturated heterocycles. The predicted molar refractivity (Wildman–Crippen MR) is 90.6 cm³/mol. The summed E-state index contributed by atoms with van der Waals surface area (Å²) in [5.74, 6) is -0.0474. The average Bonchev–Trinajstić information content (AvgIpc) is 3.03. The lowest BCUT2D eigenvalue weighted by molar-refractivity contribution is -0.0192. The highest BCUT2D eigenvalue weighted by molar-refractivity contribution is 7.08. The molecule has 8 nitrogen and oxygen atoms in total. The molecule has 4 heterocycles. The summed E-state index contributed by atoms with van der Waals surface area (Å²) in [5, 5.41) is 34.9. The lowest BCUT2D eigenvalue weighted by atomic mass is 10.1. The first-order valence-electron chi connectivity index (χ1n) is 7.61. The molecule has 128 valence electrons. The van der Waals surface area contributed by atoms with Crippen molar-refractivity contribution in [2.24, 2.45) is 0 Å². The Kier molecular flexibility index (Phi) is 2.65. The first-order chi connectivity index (χ1) is 12.0. The molecule has 0 aromatic carbocycles. The van der Waals surface area contributed by atoms with Gasteiger partial charge < -0.3 is 25.8 Å². The molecule has 0 radical (unpaired) electrons. The minimum Gasteiger partial charge on any atom is -0.506 e. The van der Waals surface area contributed by atoms with Crippen LogP contribution in [0.2, 0.25) is 0 Å². The number of thiophene rings is 1. The third-order valence-corrected chi connectivity index (χ3v) is 5.63. The first-order valence-corrected chi connectivity index (χ1v) is 8.55. The number of hydrogen-bond acceptors (Lipinski definition) is 8. The second kappa shape index (κ2) is 4.51. The lowest BCUT2D eigenvalue weighted by Gasteiger charge is -2.18. The normalized spacial score (nSPS) is 27.6. The van der Waals surface area contributed by atoms with Gasteiger partial charge in [0.1, 0.15) is 24.4 Å². The van der Waals surface area contributed by atoms with Gasteiger partial charge in [-0.2, -0.15) is 11.3 Å². The van der Waals surface area contributed by atoms with Crippen LogP contribution in [0.3, 0.4) is 0 Å². The Bertz CT molecular complexity index is 1040. The van der Waals surface area contributed by atoms with Crippen LogP contribution in [0.15, 0.2) is 40.9 Å². The van der Waals surface area contributed by atoms with Gasteiger partial charge in [0.15, 0.2) is 17.1 Å². The number of aliphatic hydroxyl groups excluding tert-OH is 2. The monoisotopic (exact) mass is 358 g/mol. The number of hydrogen-bond donors (Lipinski definition) is 4. The van der Waals surface area contributed by atoms with Crippen molar-refractivity contribution < 1.29 is 20.1 Å². The summed E-state index contributed by atoms with van der Waals surface area (Å²) >= 11 is 1.55. The number of aliphatic hydroxyl groups is 3. The van der Waals surface area contributed by atoms with E-state index in [0.29, 0.717) is 16.9 Å². The van der Waals surface area contributed by atoms with Crippen molar-refractivity contribution in [2.45, 2.75) is 17.7 Å². The molecular weight excluding hydrogens is 344 g/mol. The molecule has 0 spiro atoms. The second-order valence-corrected chi connectivity index (χ2v) is 7.02. The van der Waals surface area contributed by atoms with E-state index in [0.717, 1.165) is 11.1 Å². The molecule has 0 amide bonds. The summed E-state index contributed by atoms with van der Waals surface area (Å²) in [6, 6.07) is 1.96. The van der Waals surface area contributed by atoms with Crippen molar-refractivity contribution >= 4 is 28.2 Å². The number of ether oxygens (including phenoxy) is 1. The maximum Gasteiger partial charge on any atom is 0.227 e. The Morgan fingerprint density at radius 3 is 2.92 bits per heavy atom. The van der Waals surface area contributed by atoms with E-state index >= 15 is 0 Å². The zero-order chi connectivity index (χ0) is 17.4. The van der Waals surface area contributed by atoms with Crippen molar-refractivity contribution in [2.75, 3.05) is 12.3 Å². The van der Waals surface area contributed by atoms with Crippen LogP contribution >= 0.6 is 11.3 Å². The van der Waals surface area contributed by atoms with Crippen LogP contribution in [0.4, 0.5) is 5.82 Å². The van der Waals surface area contributed by atoms with Crippen LogP contribution < -0.4 is 5.73 Å². The van der Waals surface area contributed by atoms with Gasteiger partial charge in [0.2, 0.25) is 5.72 Å². The highest BCUT2D eigenvalue weighted by Gasteiger charge is 2.79.